The smallest absolute Gasteiger partial charge is 0.331 e. The first-order chi connectivity index (χ1) is 8.76. The van der Waals surface area contributed by atoms with E-state index in [-0.39, 0.29) is 18.5 Å². The number of hydrogen-bond acceptors (Lipinski definition) is 3. The second-order valence-corrected chi connectivity index (χ2v) is 3.60. The van der Waals surface area contributed by atoms with Crippen LogP contribution in [0.2, 0.25) is 0 Å². The highest BCUT2D eigenvalue weighted by Crippen LogP contribution is 1.99. The van der Waals surface area contributed by atoms with E-state index in [0.717, 1.165) is 17.7 Å². The molecule has 0 aromatic carbocycles. The lowest BCUT2D eigenvalue weighted by atomic mass is 10.2. The molecule has 6 heteroatoms. The Labute approximate surface area is 112 Å². The molecule has 0 unspecified atom stereocenters. The third-order valence-corrected chi connectivity index (χ3v) is 1.97. The van der Waals surface area contributed by atoms with E-state index < -0.39 is 5.97 Å². The van der Waals surface area contributed by atoms with Crippen LogP contribution < -0.4 is 10.6 Å². The maximum absolute atomic E-state index is 10.5. The van der Waals surface area contributed by atoms with Crippen LogP contribution in [-0.4, -0.2) is 29.6 Å². The third-order valence-electron chi connectivity index (χ3n) is 1.97. The highest BCUT2D eigenvalue weighted by molar-refractivity contribution is 5.89. The number of carbonyl (C=O) groups is 3. The first-order valence-electron chi connectivity index (χ1n) is 5.44. The van der Waals surface area contributed by atoms with Gasteiger partial charge in [0.2, 0.25) is 11.8 Å². The molecule has 106 valence electrons. The van der Waals surface area contributed by atoms with Gasteiger partial charge in [0.05, 0.1) is 6.67 Å². The average Bonchev–Trinajstić information content (AvgIpc) is 2.37. The molecule has 3 N–H and O–H groups in total. The Morgan fingerprint density at radius 2 is 1.37 bits per heavy atom. The zero-order chi connectivity index (χ0) is 15.4. The van der Waals surface area contributed by atoms with Crippen LogP contribution in [0.25, 0.3) is 0 Å². The molecule has 0 aliphatic carbocycles. The van der Waals surface area contributed by atoms with Gasteiger partial charge in [0.15, 0.2) is 0 Å². The second-order valence-electron chi connectivity index (χ2n) is 3.60. The molecule has 0 spiro atoms. The monoisotopic (exact) mass is 268 g/mol. The summed E-state index contributed by atoms with van der Waals surface area (Å²) in [6, 6.07) is 0. The van der Waals surface area contributed by atoms with Crippen molar-refractivity contribution in [3.8, 4) is 0 Å². The van der Waals surface area contributed by atoms with Crippen molar-refractivity contribution in [1.82, 2.24) is 10.6 Å². The lowest BCUT2D eigenvalue weighted by molar-refractivity contribution is -0.132. The summed E-state index contributed by atoms with van der Waals surface area (Å²) in [6.07, 6.45) is 2.25. The van der Waals surface area contributed by atoms with Crippen molar-refractivity contribution >= 4 is 17.8 Å². The summed E-state index contributed by atoms with van der Waals surface area (Å²) in [5.41, 5.74) is 1.29. The minimum absolute atomic E-state index is 0.0930. The summed E-state index contributed by atoms with van der Waals surface area (Å²) in [6.45, 7) is 11.7. The molecule has 0 heterocycles. The summed E-state index contributed by atoms with van der Waals surface area (Å²) < 4.78 is 0. The Kier molecular flexibility index (Phi) is 10.8. The molecule has 0 aliphatic rings. The molecular weight excluding hydrogens is 248 g/mol. The molecule has 0 atom stereocenters. The lowest BCUT2D eigenvalue weighted by Crippen LogP contribution is -2.35. The highest BCUT2D eigenvalue weighted by atomic mass is 16.4. The van der Waals surface area contributed by atoms with Crippen LogP contribution in [0.15, 0.2) is 36.5 Å². The largest absolute Gasteiger partial charge is 0.478 e. The maximum Gasteiger partial charge on any atom is 0.331 e. The van der Waals surface area contributed by atoms with Crippen LogP contribution in [0.1, 0.15) is 20.8 Å². The van der Waals surface area contributed by atoms with Crippen molar-refractivity contribution in [2.24, 2.45) is 0 Å². The van der Waals surface area contributed by atoms with Crippen molar-refractivity contribution in [3.63, 3.8) is 0 Å². The lowest BCUT2D eigenvalue weighted by Gasteiger charge is -2.01. The van der Waals surface area contributed by atoms with Crippen LogP contribution in [0.3, 0.4) is 0 Å². The highest BCUT2D eigenvalue weighted by Gasteiger charge is 1.99. The topological polar surface area (TPSA) is 95.5 Å². The molecule has 0 radical (unpaired) electrons. The number of aliphatic carboxylic acids is 1. The van der Waals surface area contributed by atoms with Crippen molar-refractivity contribution in [1.29, 1.82) is 0 Å². The van der Waals surface area contributed by atoms with Gasteiger partial charge >= 0.3 is 5.97 Å². The minimum atomic E-state index is -0.829. The normalized spacial score (nSPS) is 8.16. The summed E-state index contributed by atoms with van der Waals surface area (Å²) in [7, 11) is 0. The van der Waals surface area contributed by atoms with Gasteiger partial charge in [-0.25, -0.2) is 4.79 Å². The molecule has 2 amide bonds. The Morgan fingerprint density at radius 3 is 1.53 bits per heavy atom. The molecule has 0 aliphatic heterocycles. The van der Waals surface area contributed by atoms with E-state index in [1.54, 1.807) is 20.8 Å². The van der Waals surface area contributed by atoms with Crippen LogP contribution in [-0.2, 0) is 14.4 Å². The van der Waals surface area contributed by atoms with E-state index in [1.165, 1.54) is 0 Å². The summed E-state index contributed by atoms with van der Waals surface area (Å²) in [4.78, 5) is 31.0. The van der Waals surface area contributed by atoms with E-state index in [4.69, 9.17) is 5.11 Å². The number of carbonyl (C=O) groups excluding carboxylic acids is 2. The predicted octanol–water partition coefficient (Wildman–Crippen LogP) is 0.976. The zero-order valence-corrected chi connectivity index (χ0v) is 11.4. The predicted molar refractivity (Wildman–Crippen MR) is 73.2 cm³/mol. The summed E-state index contributed by atoms with van der Waals surface area (Å²) in [5.74, 6) is -1.48. The van der Waals surface area contributed by atoms with Crippen LogP contribution in [0.5, 0.6) is 0 Å². The van der Waals surface area contributed by atoms with E-state index in [9.17, 15) is 14.4 Å². The SMILES string of the molecule is C=CC(=O)NCNC(=O)C=C.CC(C)=C(C)C(=O)O. The summed E-state index contributed by atoms with van der Waals surface area (Å²) in [5, 5.41) is 13.0. The zero-order valence-electron chi connectivity index (χ0n) is 11.4. The number of carboxylic acid groups (broad SMARTS) is 1. The molecule has 0 saturated carbocycles. The number of carboxylic acids is 1. The number of hydrogen-bond donors (Lipinski definition) is 3. The van der Waals surface area contributed by atoms with Gasteiger partial charge in [-0.15, -0.1) is 0 Å². The Hall–Kier alpha value is -2.37. The molecule has 0 saturated heterocycles. The molecule has 6 nitrogen and oxygen atoms in total. The van der Waals surface area contributed by atoms with Crippen molar-refractivity contribution in [3.05, 3.63) is 36.5 Å². The van der Waals surface area contributed by atoms with Crippen molar-refractivity contribution < 1.29 is 19.5 Å². The van der Waals surface area contributed by atoms with E-state index in [1.807, 2.05) is 0 Å². The fourth-order valence-corrected chi connectivity index (χ4v) is 0.577. The molecule has 0 aromatic heterocycles. The number of rotatable bonds is 5. The van der Waals surface area contributed by atoms with Gasteiger partial charge in [0.1, 0.15) is 0 Å². The van der Waals surface area contributed by atoms with Gasteiger partial charge in [-0.2, -0.15) is 0 Å². The van der Waals surface area contributed by atoms with Gasteiger partial charge in [0, 0.05) is 5.57 Å². The Balaban J connectivity index is 0. The quantitative estimate of drug-likeness (QED) is 0.511. The Bertz CT molecular complexity index is 373. The maximum atomic E-state index is 10.5. The van der Waals surface area contributed by atoms with Crippen molar-refractivity contribution in [2.75, 3.05) is 6.67 Å². The van der Waals surface area contributed by atoms with E-state index >= 15 is 0 Å². The van der Waals surface area contributed by atoms with Gasteiger partial charge < -0.3 is 15.7 Å². The Morgan fingerprint density at radius 1 is 1.00 bits per heavy atom. The van der Waals surface area contributed by atoms with Crippen LogP contribution in [0, 0.1) is 0 Å². The van der Waals surface area contributed by atoms with Crippen LogP contribution in [0.4, 0.5) is 0 Å². The second kappa shape index (κ2) is 10.8. The molecule has 19 heavy (non-hydrogen) atoms. The fourth-order valence-electron chi connectivity index (χ4n) is 0.577. The molecular formula is C13H20N2O4. The molecule has 0 aromatic rings. The number of amides is 2. The third kappa shape index (κ3) is 11.9. The molecule has 0 fully saturated rings. The molecule has 0 rings (SSSR count). The van der Waals surface area contributed by atoms with Gasteiger partial charge in [0.25, 0.3) is 0 Å². The minimum Gasteiger partial charge on any atom is -0.478 e. The van der Waals surface area contributed by atoms with E-state index in [0.29, 0.717) is 5.57 Å². The number of nitrogens with one attached hydrogen (secondary N) is 2. The summed E-state index contributed by atoms with van der Waals surface area (Å²) >= 11 is 0. The first-order valence-corrected chi connectivity index (χ1v) is 5.44. The van der Waals surface area contributed by atoms with Crippen LogP contribution >= 0.6 is 0 Å². The van der Waals surface area contributed by atoms with Gasteiger partial charge in [-0.3, -0.25) is 9.59 Å². The average molecular weight is 268 g/mol. The fraction of sp³-hybridized carbons (Fsp3) is 0.308. The number of allylic oxidation sites excluding steroid dienone is 1. The van der Waals surface area contributed by atoms with Crippen molar-refractivity contribution in [2.45, 2.75) is 20.8 Å². The standard InChI is InChI=1S/C7H10N2O2.C6H10O2/c1-3-6(10)8-5-9-7(11)4-2;1-4(2)5(3)6(7)8/h3-4H,1-2,5H2,(H,8,10)(H,9,11);1-3H3,(H,7,8). The van der Waals surface area contributed by atoms with Gasteiger partial charge in [-0.1, -0.05) is 18.7 Å². The van der Waals surface area contributed by atoms with E-state index in [2.05, 4.69) is 23.8 Å². The first kappa shape index (κ1) is 19.0. The van der Waals surface area contributed by atoms with Gasteiger partial charge in [-0.05, 0) is 32.9 Å². The molecule has 0 bridgehead atoms.